The van der Waals surface area contributed by atoms with Gasteiger partial charge in [-0.1, -0.05) is 0 Å². The Bertz CT molecular complexity index is 475. The molecule has 2 rings (SSSR count). The van der Waals surface area contributed by atoms with Crippen LogP contribution in [0.2, 0.25) is 0 Å². The van der Waals surface area contributed by atoms with Gasteiger partial charge >= 0.3 is 0 Å². The maximum Gasteiger partial charge on any atom is 0.250 e. The summed E-state index contributed by atoms with van der Waals surface area (Å²) >= 11 is 0. The molecule has 0 radical (unpaired) electrons. The van der Waals surface area contributed by atoms with E-state index < -0.39 is 5.91 Å². The van der Waals surface area contributed by atoms with Crippen LogP contribution in [0.1, 0.15) is 16.8 Å². The number of hydrogen-bond acceptors (Lipinski definition) is 4. The zero-order valence-electron chi connectivity index (χ0n) is 11.6. The molecule has 0 bridgehead atoms. The first-order chi connectivity index (χ1) is 8.97. The summed E-state index contributed by atoms with van der Waals surface area (Å²) in [5.74, 6) is 0.193. The van der Waals surface area contributed by atoms with E-state index >= 15 is 0 Å². The molecule has 0 aromatic heterocycles. The Morgan fingerprint density at radius 3 is 2.84 bits per heavy atom. The number of rotatable bonds is 4. The van der Waals surface area contributed by atoms with Crippen LogP contribution in [-0.4, -0.2) is 44.5 Å². The van der Waals surface area contributed by atoms with Crippen LogP contribution in [0, 0.1) is 5.92 Å². The van der Waals surface area contributed by atoms with Crippen LogP contribution in [0.5, 0.6) is 0 Å². The normalized spacial score (nSPS) is 19.6. The van der Waals surface area contributed by atoms with E-state index in [2.05, 4.69) is 16.8 Å². The molecule has 5 nitrogen and oxygen atoms in total. The van der Waals surface area contributed by atoms with E-state index in [1.54, 1.807) is 12.1 Å². The van der Waals surface area contributed by atoms with Crippen molar-refractivity contribution in [2.45, 2.75) is 6.42 Å². The van der Waals surface area contributed by atoms with E-state index in [4.69, 9.17) is 11.5 Å². The number of benzene rings is 1. The number of nitrogens with zero attached hydrogens (tertiary/aromatic N) is 2. The van der Waals surface area contributed by atoms with Crippen LogP contribution in [0.3, 0.4) is 0 Å². The van der Waals surface area contributed by atoms with Crippen LogP contribution in [0.25, 0.3) is 0 Å². The van der Waals surface area contributed by atoms with Gasteiger partial charge < -0.3 is 21.3 Å². The Labute approximate surface area is 114 Å². The number of hydrogen-bond donors (Lipinski definition) is 2. The third-order valence-electron chi connectivity index (χ3n) is 3.76. The van der Waals surface area contributed by atoms with Crippen LogP contribution >= 0.6 is 0 Å². The first kappa shape index (κ1) is 13.7. The van der Waals surface area contributed by atoms with E-state index in [9.17, 15) is 4.79 Å². The second-order valence-electron chi connectivity index (χ2n) is 5.43. The molecule has 19 heavy (non-hydrogen) atoms. The lowest BCUT2D eigenvalue weighted by Gasteiger charge is -2.23. The fourth-order valence-electron chi connectivity index (χ4n) is 2.66. The number of amides is 1. The lowest BCUT2D eigenvalue weighted by Crippen LogP contribution is -2.27. The number of likely N-dealkylation sites (tertiary alicyclic amines) is 1. The van der Waals surface area contributed by atoms with Crippen molar-refractivity contribution in [3.63, 3.8) is 0 Å². The molecule has 4 N–H and O–H groups in total. The van der Waals surface area contributed by atoms with E-state index in [1.807, 2.05) is 13.1 Å². The van der Waals surface area contributed by atoms with E-state index in [1.165, 1.54) is 6.42 Å². The largest absolute Gasteiger partial charge is 0.398 e. The minimum Gasteiger partial charge on any atom is -0.398 e. The molecule has 1 heterocycles. The summed E-state index contributed by atoms with van der Waals surface area (Å²) < 4.78 is 0. The maximum atomic E-state index is 11.3. The molecule has 1 saturated heterocycles. The molecule has 0 saturated carbocycles. The summed E-state index contributed by atoms with van der Waals surface area (Å²) in [6.07, 6.45) is 1.22. The zero-order valence-corrected chi connectivity index (χ0v) is 11.6. The van der Waals surface area contributed by atoms with E-state index in [-0.39, 0.29) is 0 Å². The topological polar surface area (TPSA) is 75.6 Å². The van der Waals surface area contributed by atoms with Gasteiger partial charge in [0.25, 0.3) is 5.91 Å². The standard InChI is InChI=1S/C14H22N4O/c1-17-6-5-10(8-17)9-18(2)11-3-4-13(15)12(7-11)14(16)19/h3-4,7,10H,5-6,8-9,15H2,1-2H3,(H2,16,19). The summed E-state index contributed by atoms with van der Waals surface area (Å²) in [6, 6.07) is 5.45. The van der Waals surface area contributed by atoms with Crippen LogP contribution in [0.15, 0.2) is 18.2 Å². The molecule has 5 heteroatoms. The fraction of sp³-hybridized carbons (Fsp3) is 0.500. The van der Waals surface area contributed by atoms with Crippen molar-refractivity contribution in [2.75, 3.05) is 44.4 Å². The van der Waals surface area contributed by atoms with Crippen molar-refractivity contribution in [3.05, 3.63) is 23.8 Å². The monoisotopic (exact) mass is 262 g/mol. The highest BCUT2D eigenvalue weighted by atomic mass is 16.1. The Morgan fingerprint density at radius 2 is 2.26 bits per heavy atom. The third kappa shape index (κ3) is 3.17. The van der Waals surface area contributed by atoms with Crippen molar-refractivity contribution >= 4 is 17.3 Å². The van der Waals surface area contributed by atoms with Gasteiger partial charge in [-0.25, -0.2) is 0 Å². The van der Waals surface area contributed by atoms with Crippen LogP contribution in [-0.2, 0) is 0 Å². The molecule has 1 aromatic carbocycles. The van der Waals surface area contributed by atoms with Crippen molar-refractivity contribution in [2.24, 2.45) is 11.7 Å². The van der Waals surface area contributed by atoms with Crippen molar-refractivity contribution in [1.29, 1.82) is 0 Å². The first-order valence-electron chi connectivity index (χ1n) is 6.56. The lowest BCUT2D eigenvalue weighted by molar-refractivity contribution is 0.100. The molecule has 1 aliphatic heterocycles. The predicted octanol–water partition coefficient (Wildman–Crippen LogP) is 0.756. The lowest BCUT2D eigenvalue weighted by atomic mass is 10.1. The number of anilines is 2. The molecule has 0 aliphatic carbocycles. The van der Waals surface area contributed by atoms with Gasteiger partial charge in [0.1, 0.15) is 0 Å². The molecule has 1 unspecified atom stereocenters. The smallest absolute Gasteiger partial charge is 0.250 e. The Morgan fingerprint density at radius 1 is 1.53 bits per heavy atom. The Balaban J connectivity index is 2.08. The number of nitrogen functional groups attached to an aromatic ring is 1. The minimum absolute atomic E-state index is 0.396. The SMILES string of the molecule is CN1CCC(CN(C)c2ccc(N)c(C(N)=O)c2)C1. The fourth-order valence-corrected chi connectivity index (χ4v) is 2.66. The maximum absolute atomic E-state index is 11.3. The molecule has 1 atom stereocenters. The number of nitrogens with two attached hydrogens (primary N) is 2. The van der Waals surface area contributed by atoms with Gasteiger partial charge in [0, 0.05) is 31.5 Å². The average molecular weight is 262 g/mol. The van der Waals surface area contributed by atoms with Gasteiger partial charge in [-0.15, -0.1) is 0 Å². The summed E-state index contributed by atoms with van der Waals surface area (Å²) in [5.41, 5.74) is 12.9. The summed E-state index contributed by atoms with van der Waals surface area (Å²) in [6.45, 7) is 3.27. The van der Waals surface area contributed by atoms with E-state index in [0.29, 0.717) is 17.2 Å². The van der Waals surface area contributed by atoms with Crippen molar-refractivity contribution < 1.29 is 4.79 Å². The summed E-state index contributed by atoms with van der Waals surface area (Å²) in [4.78, 5) is 15.8. The van der Waals surface area contributed by atoms with Crippen LogP contribution in [0.4, 0.5) is 11.4 Å². The molecule has 1 amide bonds. The molecule has 0 spiro atoms. The van der Waals surface area contributed by atoms with Crippen molar-refractivity contribution in [3.8, 4) is 0 Å². The number of carbonyl (C=O) groups is 1. The summed E-state index contributed by atoms with van der Waals surface area (Å²) in [7, 11) is 4.18. The van der Waals surface area contributed by atoms with Crippen molar-refractivity contribution in [1.82, 2.24) is 4.90 Å². The van der Waals surface area contributed by atoms with Gasteiger partial charge in [0.2, 0.25) is 0 Å². The molecule has 1 fully saturated rings. The summed E-state index contributed by atoms with van der Waals surface area (Å²) in [5, 5.41) is 0. The van der Waals surface area contributed by atoms with E-state index in [0.717, 1.165) is 25.3 Å². The van der Waals surface area contributed by atoms with Gasteiger partial charge in [-0.05, 0) is 44.1 Å². The molecular formula is C14H22N4O. The minimum atomic E-state index is -0.478. The predicted molar refractivity (Wildman–Crippen MR) is 78.2 cm³/mol. The second-order valence-corrected chi connectivity index (χ2v) is 5.43. The Kier molecular flexibility index (Phi) is 3.95. The van der Waals surface area contributed by atoms with Gasteiger partial charge in [0.15, 0.2) is 0 Å². The first-order valence-corrected chi connectivity index (χ1v) is 6.56. The number of primary amides is 1. The molecule has 1 aromatic rings. The van der Waals surface area contributed by atoms with Gasteiger partial charge in [-0.2, -0.15) is 0 Å². The van der Waals surface area contributed by atoms with Gasteiger partial charge in [-0.3, -0.25) is 4.79 Å². The third-order valence-corrected chi connectivity index (χ3v) is 3.76. The highest BCUT2D eigenvalue weighted by Gasteiger charge is 2.21. The highest BCUT2D eigenvalue weighted by Crippen LogP contribution is 2.23. The quantitative estimate of drug-likeness (QED) is 0.785. The molecule has 104 valence electrons. The van der Waals surface area contributed by atoms with Crippen LogP contribution < -0.4 is 16.4 Å². The zero-order chi connectivity index (χ0) is 14.0. The average Bonchev–Trinajstić information content (AvgIpc) is 2.74. The second kappa shape index (κ2) is 5.48. The van der Waals surface area contributed by atoms with Gasteiger partial charge in [0.05, 0.1) is 5.56 Å². The molecule has 1 aliphatic rings. The number of carbonyl (C=O) groups excluding carboxylic acids is 1. The highest BCUT2D eigenvalue weighted by molar-refractivity contribution is 5.99. The Hall–Kier alpha value is -1.75. The molecular weight excluding hydrogens is 240 g/mol.